The van der Waals surface area contributed by atoms with Gasteiger partial charge in [-0.2, -0.15) is 11.3 Å². The molecule has 0 aliphatic carbocycles. The van der Waals surface area contributed by atoms with Gasteiger partial charge in [0.15, 0.2) is 0 Å². The molecule has 0 radical (unpaired) electrons. The highest BCUT2D eigenvalue weighted by atomic mass is 32.1. The predicted molar refractivity (Wildman–Crippen MR) is 102 cm³/mol. The van der Waals surface area contributed by atoms with Crippen molar-refractivity contribution in [2.45, 2.75) is 6.92 Å². The zero-order valence-electron chi connectivity index (χ0n) is 13.6. The Balaban J connectivity index is 1.90. The van der Waals surface area contributed by atoms with E-state index >= 15 is 0 Å². The van der Waals surface area contributed by atoms with Crippen LogP contribution in [0.15, 0.2) is 65.4 Å². The molecule has 0 N–H and O–H groups in total. The summed E-state index contributed by atoms with van der Waals surface area (Å²) in [4.78, 5) is 27.4. The number of imide groups is 1. The van der Waals surface area contributed by atoms with Crippen molar-refractivity contribution in [3.63, 3.8) is 0 Å². The maximum absolute atomic E-state index is 13.2. The van der Waals surface area contributed by atoms with E-state index in [4.69, 9.17) is 0 Å². The van der Waals surface area contributed by atoms with Crippen molar-refractivity contribution in [2.24, 2.45) is 0 Å². The van der Waals surface area contributed by atoms with Crippen LogP contribution in [0.4, 0.5) is 5.69 Å². The second-order valence-electron chi connectivity index (χ2n) is 5.94. The maximum Gasteiger partial charge on any atom is 0.265 e. The molecule has 25 heavy (non-hydrogen) atoms. The molecule has 0 saturated heterocycles. The van der Waals surface area contributed by atoms with E-state index in [0.29, 0.717) is 22.4 Å². The van der Waals surface area contributed by atoms with Crippen molar-refractivity contribution < 1.29 is 9.59 Å². The molecule has 0 saturated carbocycles. The molecule has 3 nitrogen and oxygen atoms in total. The number of rotatable bonds is 2. The fourth-order valence-electron chi connectivity index (χ4n) is 2.94. The van der Waals surface area contributed by atoms with Crippen LogP contribution in [-0.2, 0) is 4.79 Å². The molecule has 0 unspecified atom stereocenters. The molecule has 0 spiro atoms. The van der Waals surface area contributed by atoms with E-state index in [9.17, 15) is 9.59 Å². The Morgan fingerprint density at radius 2 is 1.60 bits per heavy atom. The number of benzene rings is 2. The van der Waals surface area contributed by atoms with Crippen LogP contribution in [0.5, 0.6) is 0 Å². The first-order valence-electron chi connectivity index (χ1n) is 7.94. The van der Waals surface area contributed by atoms with E-state index in [2.05, 4.69) is 0 Å². The van der Waals surface area contributed by atoms with E-state index in [-0.39, 0.29) is 11.8 Å². The maximum atomic E-state index is 13.2. The van der Waals surface area contributed by atoms with Gasteiger partial charge in [0.05, 0.1) is 5.69 Å². The largest absolute Gasteiger partial charge is 0.268 e. The smallest absolute Gasteiger partial charge is 0.265 e. The Morgan fingerprint density at radius 3 is 2.28 bits per heavy atom. The summed E-state index contributed by atoms with van der Waals surface area (Å²) in [5.74, 6) is -0.578. The molecule has 1 aromatic heterocycles. The molecule has 2 heterocycles. The third-order valence-electron chi connectivity index (χ3n) is 4.23. The second-order valence-corrected chi connectivity index (χ2v) is 6.72. The van der Waals surface area contributed by atoms with Crippen molar-refractivity contribution >= 4 is 40.5 Å². The topological polar surface area (TPSA) is 37.4 Å². The van der Waals surface area contributed by atoms with Crippen molar-refractivity contribution in [2.75, 3.05) is 4.90 Å². The average molecular weight is 345 g/mol. The van der Waals surface area contributed by atoms with Gasteiger partial charge in [0.1, 0.15) is 0 Å². The van der Waals surface area contributed by atoms with Crippen LogP contribution in [0.2, 0.25) is 0 Å². The standard InChI is InChI=1S/C21H15NO2S/c1-14-6-8-16(9-7-14)22-20(23)18-5-3-2-4-17(18)19(21(22)24)12-15-10-11-25-13-15/h2-13H,1H3. The normalized spacial score (nSPS) is 15.6. The van der Waals surface area contributed by atoms with Gasteiger partial charge in [-0.3, -0.25) is 9.59 Å². The van der Waals surface area contributed by atoms with Gasteiger partial charge in [-0.05, 0) is 59.2 Å². The SMILES string of the molecule is Cc1ccc(N2C(=O)C(=Cc3ccsc3)c3ccccc3C2=O)cc1. The van der Waals surface area contributed by atoms with Crippen molar-refractivity contribution in [1.82, 2.24) is 0 Å². The number of hydrogen-bond acceptors (Lipinski definition) is 3. The van der Waals surface area contributed by atoms with Gasteiger partial charge in [-0.15, -0.1) is 0 Å². The lowest BCUT2D eigenvalue weighted by molar-refractivity contribution is -0.112. The average Bonchev–Trinajstić information content (AvgIpc) is 3.14. The molecule has 0 bridgehead atoms. The van der Waals surface area contributed by atoms with Crippen molar-refractivity contribution in [1.29, 1.82) is 0 Å². The Labute approximate surface area is 149 Å². The van der Waals surface area contributed by atoms with Crippen LogP contribution >= 0.6 is 11.3 Å². The Kier molecular flexibility index (Phi) is 3.82. The number of amides is 2. The monoisotopic (exact) mass is 345 g/mol. The highest BCUT2D eigenvalue weighted by Crippen LogP contribution is 2.33. The van der Waals surface area contributed by atoms with Crippen molar-refractivity contribution in [3.8, 4) is 0 Å². The summed E-state index contributed by atoms with van der Waals surface area (Å²) in [6, 6.07) is 16.6. The first-order valence-corrected chi connectivity index (χ1v) is 8.88. The molecular weight excluding hydrogens is 330 g/mol. The number of nitrogens with zero attached hydrogens (tertiary/aromatic N) is 1. The van der Waals surface area contributed by atoms with Gasteiger partial charge in [0.2, 0.25) is 0 Å². The van der Waals surface area contributed by atoms with Crippen LogP contribution in [0.25, 0.3) is 11.6 Å². The molecule has 2 amide bonds. The summed E-state index contributed by atoms with van der Waals surface area (Å²) in [6.45, 7) is 1.97. The summed E-state index contributed by atoms with van der Waals surface area (Å²) >= 11 is 1.57. The van der Waals surface area contributed by atoms with Crippen LogP contribution in [0.1, 0.15) is 27.0 Å². The summed E-state index contributed by atoms with van der Waals surface area (Å²) in [5.41, 5.74) is 4.40. The third kappa shape index (κ3) is 2.71. The van der Waals surface area contributed by atoms with E-state index in [1.165, 1.54) is 4.90 Å². The molecule has 3 aromatic rings. The van der Waals surface area contributed by atoms with Gasteiger partial charge >= 0.3 is 0 Å². The first-order chi connectivity index (χ1) is 12.1. The minimum Gasteiger partial charge on any atom is -0.268 e. The molecule has 4 heteroatoms. The van der Waals surface area contributed by atoms with Crippen LogP contribution in [0.3, 0.4) is 0 Å². The summed E-state index contributed by atoms with van der Waals surface area (Å²) in [6.07, 6.45) is 1.85. The number of carbonyl (C=O) groups is 2. The number of fused-ring (bicyclic) bond motifs is 1. The van der Waals surface area contributed by atoms with Gasteiger partial charge in [-0.25, -0.2) is 4.90 Å². The predicted octanol–water partition coefficient (Wildman–Crippen LogP) is 4.78. The minimum absolute atomic E-state index is 0.285. The Hall–Kier alpha value is -2.98. The molecular formula is C21H15NO2S. The third-order valence-corrected chi connectivity index (χ3v) is 4.93. The molecule has 1 aliphatic rings. The van der Waals surface area contributed by atoms with Gasteiger partial charge < -0.3 is 0 Å². The van der Waals surface area contributed by atoms with Crippen LogP contribution in [-0.4, -0.2) is 11.8 Å². The van der Waals surface area contributed by atoms with Gasteiger partial charge in [-0.1, -0.05) is 35.9 Å². The van der Waals surface area contributed by atoms with E-state index in [1.54, 1.807) is 29.5 Å². The zero-order chi connectivity index (χ0) is 17.4. The summed E-state index contributed by atoms with van der Waals surface area (Å²) in [7, 11) is 0. The number of thiophene rings is 1. The fraction of sp³-hybridized carbons (Fsp3) is 0.0476. The summed E-state index contributed by atoms with van der Waals surface area (Å²) in [5, 5.41) is 3.95. The van der Waals surface area contributed by atoms with Crippen molar-refractivity contribution in [3.05, 3.63) is 87.6 Å². The Bertz CT molecular complexity index is 985. The van der Waals surface area contributed by atoms with Crippen LogP contribution < -0.4 is 4.90 Å². The lowest BCUT2D eigenvalue weighted by atomic mass is 9.92. The Morgan fingerprint density at radius 1 is 0.880 bits per heavy atom. The summed E-state index contributed by atoms with van der Waals surface area (Å²) < 4.78 is 0. The lowest BCUT2D eigenvalue weighted by Gasteiger charge is -2.28. The molecule has 0 fully saturated rings. The number of carbonyl (C=O) groups excluding carboxylic acids is 2. The van der Waals surface area contributed by atoms with Crippen LogP contribution in [0, 0.1) is 6.92 Å². The number of aryl methyl sites for hydroxylation is 1. The highest BCUT2D eigenvalue weighted by Gasteiger charge is 2.35. The molecule has 4 rings (SSSR count). The number of anilines is 1. The molecule has 122 valence electrons. The molecule has 0 atom stereocenters. The lowest BCUT2D eigenvalue weighted by Crippen LogP contribution is -2.41. The number of hydrogen-bond donors (Lipinski definition) is 0. The zero-order valence-corrected chi connectivity index (χ0v) is 14.4. The minimum atomic E-state index is -0.293. The molecule has 1 aliphatic heterocycles. The fourth-order valence-corrected chi connectivity index (χ4v) is 3.56. The molecule has 2 aromatic carbocycles. The first kappa shape index (κ1) is 15.5. The van der Waals surface area contributed by atoms with E-state index in [1.807, 2.05) is 60.2 Å². The van der Waals surface area contributed by atoms with Gasteiger partial charge in [0, 0.05) is 11.1 Å². The van der Waals surface area contributed by atoms with E-state index < -0.39 is 0 Å². The van der Waals surface area contributed by atoms with Gasteiger partial charge in [0.25, 0.3) is 11.8 Å². The quantitative estimate of drug-likeness (QED) is 0.495. The second kappa shape index (κ2) is 6.15. The highest BCUT2D eigenvalue weighted by molar-refractivity contribution is 7.08. The van der Waals surface area contributed by atoms with E-state index in [0.717, 1.165) is 11.1 Å².